The van der Waals surface area contributed by atoms with Crippen molar-refractivity contribution in [2.45, 2.75) is 50.4 Å². The molecule has 2 amide bonds. The normalized spacial score (nSPS) is 17.9. The van der Waals surface area contributed by atoms with Crippen molar-refractivity contribution in [3.63, 3.8) is 0 Å². The number of urea groups is 1. The van der Waals surface area contributed by atoms with Crippen molar-refractivity contribution in [1.82, 2.24) is 24.8 Å². The van der Waals surface area contributed by atoms with Crippen molar-refractivity contribution < 1.29 is 9.53 Å². The molecule has 0 spiro atoms. The Morgan fingerprint density at radius 1 is 1.02 bits per heavy atom. The Hall–Kier alpha value is -5.28. The molecule has 2 fully saturated rings. The van der Waals surface area contributed by atoms with Gasteiger partial charge >= 0.3 is 6.03 Å². The van der Waals surface area contributed by atoms with Crippen LogP contribution in [0.5, 0.6) is 0 Å². The van der Waals surface area contributed by atoms with Gasteiger partial charge in [0.25, 0.3) is 5.56 Å². The van der Waals surface area contributed by atoms with Gasteiger partial charge in [0.2, 0.25) is 5.95 Å². The number of aromatic nitrogens is 4. The molecule has 0 radical (unpaired) electrons. The molecule has 3 N–H and O–H groups in total. The van der Waals surface area contributed by atoms with E-state index in [0.717, 1.165) is 36.8 Å². The Balaban J connectivity index is 1.16. The topological polar surface area (TPSA) is 150 Å². The van der Waals surface area contributed by atoms with Crippen molar-refractivity contribution in [3.8, 4) is 17.3 Å². The minimum absolute atomic E-state index is 0.0479. The first-order chi connectivity index (χ1) is 22.0. The minimum atomic E-state index is -0.190. The molecule has 12 heteroatoms. The van der Waals surface area contributed by atoms with E-state index < -0.39 is 0 Å². The number of anilines is 3. The molecule has 0 atom stereocenters. The fourth-order valence-electron chi connectivity index (χ4n) is 5.58. The van der Waals surface area contributed by atoms with Crippen molar-refractivity contribution in [1.29, 1.82) is 5.26 Å². The number of ether oxygens (including phenoxy) is 1. The lowest BCUT2D eigenvalue weighted by atomic mass is 9.90. The Bertz CT molecular complexity index is 1730. The molecule has 1 saturated carbocycles. The Morgan fingerprint density at radius 2 is 1.82 bits per heavy atom. The molecule has 230 valence electrons. The largest absolute Gasteiger partial charge is 0.377 e. The number of pyridine rings is 2. The van der Waals surface area contributed by atoms with Crippen molar-refractivity contribution in [3.05, 3.63) is 94.7 Å². The third-order valence-corrected chi connectivity index (χ3v) is 8.21. The highest BCUT2D eigenvalue weighted by Gasteiger charge is 2.31. The molecule has 1 saturated heterocycles. The van der Waals surface area contributed by atoms with E-state index in [1.165, 1.54) is 10.8 Å². The lowest BCUT2D eigenvalue weighted by Crippen LogP contribution is -2.48. The second-order valence-corrected chi connectivity index (χ2v) is 11.4. The van der Waals surface area contributed by atoms with Gasteiger partial charge in [-0.05, 0) is 49.4 Å². The summed E-state index contributed by atoms with van der Waals surface area (Å²) in [5.41, 5.74) is 3.37. The highest BCUT2D eigenvalue weighted by atomic mass is 16.5. The second-order valence-electron chi connectivity index (χ2n) is 11.4. The molecule has 6 rings (SSSR count). The molecule has 1 aliphatic heterocycles. The summed E-state index contributed by atoms with van der Waals surface area (Å²) in [5, 5.41) is 19.2. The van der Waals surface area contributed by atoms with Crippen LogP contribution in [0.25, 0.3) is 11.3 Å². The number of amides is 2. The third-order valence-electron chi connectivity index (χ3n) is 8.21. The number of carbonyl (C=O) groups excluding carboxylic acids is 1. The Labute approximate surface area is 261 Å². The standard InChI is InChI=1S/C33H35N9O3/c1-41-14-13-23(15-30(41)43)29-12-11-28(19-35-29)42(33(44)37-17-22-5-3-2-4-6-22)27-9-7-25(8-10-27)39-32-36-18-24(16-34)31(40-32)38-26-20-45-21-26/h2-6,11-15,18-19,25-27H,7-10,17,20-21H2,1H3,(H,37,44)(H2,36,38,39,40). The highest BCUT2D eigenvalue weighted by molar-refractivity contribution is 5.92. The van der Waals surface area contributed by atoms with Gasteiger partial charge in [-0.1, -0.05) is 30.3 Å². The average molecular weight is 606 g/mol. The summed E-state index contributed by atoms with van der Waals surface area (Å²) in [6.07, 6.45) is 8.06. The van der Waals surface area contributed by atoms with Crippen LogP contribution in [0.1, 0.15) is 36.8 Å². The predicted molar refractivity (Wildman–Crippen MR) is 171 cm³/mol. The van der Waals surface area contributed by atoms with E-state index in [9.17, 15) is 14.9 Å². The second kappa shape index (κ2) is 13.6. The van der Waals surface area contributed by atoms with Crippen molar-refractivity contribution in [2.75, 3.05) is 28.7 Å². The van der Waals surface area contributed by atoms with E-state index in [2.05, 4.69) is 37.0 Å². The molecule has 12 nitrogen and oxygen atoms in total. The zero-order chi connectivity index (χ0) is 31.2. The van der Waals surface area contributed by atoms with Gasteiger partial charge < -0.3 is 25.3 Å². The van der Waals surface area contributed by atoms with Crippen LogP contribution in [-0.4, -0.2) is 56.9 Å². The van der Waals surface area contributed by atoms with Crippen LogP contribution < -0.4 is 26.4 Å². The third kappa shape index (κ3) is 7.11. The fraction of sp³-hybridized carbons (Fsp3) is 0.333. The van der Waals surface area contributed by atoms with Crippen LogP contribution in [0.4, 0.5) is 22.2 Å². The summed E-state index contributed by atoms with van der Waals surface area (Å²) < 4.78 is 6.74. The quantitative estimate of drug-likeness (QED) is 0.257. The van der Waals surface area contributed by atoms with E-state index in [1.807, 2.05) is 48.5 Å². The van der Waals surface area contributed by atoms with Gasteiger partial charge in [-0.3, -0.25) is 14.7 Å². The predicted octanol–water partition coefficient (Wildman–Crippen LogP) is 4.06. The molecule has 0 unspecified atom stereocenters. The maximum Gasteiger partial charge on any atom is 0.322 e. The Morgan fingerprint density at radius 3 is 2.49 bits per heavy atom. The van der Waals surface area contributed by atoms with Crippen LogP contribution in [0.2, 0.25) is 0 Å². The smallest absolute Gasteiger partial charge is 0.322 e. The molecule has 4 heterocycles. The number of nitriles is 1. The average Bonchev–Trinajstić information content (AvgIpc) is 3.05. The molecule has 3 aromatic heterocycles. The summed E-state index contributed by atoms with van der Waals surface area (Å²) in [4.78, 5) is 41.2. The Kier molecular flexibility index (Phi) is 8.98. The SMILES string of the molecule is Cn1ccc(-c2ccc(N(C(=O)NCc3ccccc3)C3CCC(Nc4ncc(C#N)c(NC5COC5)n4)CC3)cn2)cc1=O. The summed E-state index contributed by atoms with van der Waals surface area (Å²) in [6.45, 7) is 1.58. The van der Waals surface area contributed by atoms with E-state index in [1.54, 1.807) is 30.4 Å². The van der Waals surface area contributed by atoms with Gasteiger partial charge in [0.15, 0.2) is 0 Å². The molecule has 1 aromatic carbocycles. The first-order valence-corrected chi connectivity index (χ1v) is 15.1. The number of carbonyl (C=O) groups is 1. The summed E-state index contributed by atoms with van der Waals surface area (Å²) in [7, 11) is 1.71. The summed E-state index contributed by atoms with van der Waals surface area (Å²) in [5.74, 6) is 0.971. The number of hydrogen-bond acceptors (Lipinski definition) is 9. The van der Waals surface area contributed by atoms with Gasteiger partial charge in [0, 0.05) is 43.5 Å². The van der Waals surface area contributed by atoms with Crippen LogP contribution in [0.3, 0.4) is 0 Å². The molecule has 45 heavy (non-hydrogen) atoms. The number of aryl methyl sites for hydroxylation is 1. The molecular weight excluding hydrogens is 570 g/mol. The molecular formula is C33H35N9O3. The van der Waals surface area contributed by atoms with Gasteiger partial charge in [-0.25, -0.2) is 9.78 Å². The van der Waals surface area contributed by atoms with E-state index >= 15 is 0 Å². The number of rotatable bonds is 9. The summed E-state index contributed by atoms with van der Waals surface area (Å²) in [6, 6.07) is 19.1. The van der Waals surface area contributed by atoms with Gasteiger partial charge in [-0.15, -0.1) is 0 Å². The number of nitrogens with zero attached hydrogens (tertiary/aromatic N) is 6. The minimum Gasteiger partial charge on any atom is -0.377 e. The van der Waals surface area contributed by atoms with Crippen LogP contribution in [-0.2, 0) is 18.3 Å². The lowest BCUT2D eigenvalue weighted by Gasteiger charge is -2.37. The lowest BCUT2D eigenvalue weighted by molar-refractivity contribution is 0.0209. The van der Waals surface area contributed by atoms with E-state index in [-0.39, 0.29) is 29.7 Å². The number of benzene rings is 1. The monoisotopic (exact) mass is 605 g/mol. The van der Waals surface area contributed by atoms with Gasteiger partial charge in [0.05, 0.1) is 43.0 Å². The number of nitrogens with one attached hydrogen (secondary N) is 3. The van der Waals surface area contributed by atoms with E-state index in [4.69, 9.17) is 4.74 Å². The van der Waals surface area contributed by atoms with Crippen LogP contribution in [0.15, 0.2) is 78.0 Å². The zero-order valence-corrected chi connectivity index (χ0v) is 25.0. The molecule has 4 aromatic rings. The first-order valence-electron chi connectivity index (χ1n) is 15.1. The fourth-order valence-corrected chi connectivity index (χ4v) is 5.58. The van der Waals surface area contributed by atoms with E-state index in [0.29, 0.717) is 48.5 Å². The van der Waals surface area contributed by atoms with Crippen molar-refractivity contribution in [2.24, 2.45) is 7.05 Å². The molecule has 1 aliphatic carbocycles. The molecule has 2 aliphatic rings. The molecule has 0 bridgehead atoms. The van der Waals surface area contributed by atoms with Crippen LogP contribution >= 0.6 is 0 Å². The van der Waals surface area contributed by atoms with Gasteiger partial charge in [-0.2, -0.15) is 10.2 Å². The summed E-state index contributed by atoms with van der Waals surface area (Å²) >= 11 is 0. The van der Waals surface area contributed by atoms with Gasteiger partial charge in [0.1, 0.15) is 17.5 Å². The first kappa shape index (κ1) is 29.8. The van der Waals surface area contributed by atoms with Crippen LogP contribution in [0, 0.1) is 11.3 Å². The zero-order valence-electron chi connectivity index (χ0n) is 25.0. The van der Waals surface area contributed by atoms with Crippen molar-refractivity contribution >= 4 is 23.5 Å². The number of hydrogen-bond donors (Lipinski definition) is 3. The maximum absolute atomic E-state index is 13.7. The maximum atomic E-state index is 13.7. The highest BCUT2D eigenvalue weighted by Crippen LogP contribution is 2.30.